The van der Waals surface area contributed by atoms with Crippen molar-refractivity contribution in [2.24, 2.45) is 5.92 Å². The highest BCUT2D eigenvalue weighted by Gasteiger charge is 2.20. The highest BCUT2D eigenvalue weighted by Crippen LogP contribution is 2.27. The summed E-state index contributed by atoms with van der Waals surface area (Å²) in [4.78, 5) is 40.4. The number of anilines is 1. The van der Waals surface area contributed by atoms with Gasteiger partial charge in [-0.1, -0.05) is 63.4 Å². The molecule has 0 saturated carbocycles. The number of hydrogen-bond acceptors (Lipinski definition) is 6. The maximum atomic E-state index is 12.9. The van der Waals surface area contributed by atoms with Crippen molar-refractivity contribution >= 4 is 23.2 Å². The van der Waals surface area contributed by atoms with Gasteiger partial charge >= 0.3 is 5.97 Å². The van der Waals surface area contributed by atoms with Gasteiger partial charge in [-0.15, -0.1) is 0 Å². The standard InChI is InChI=1S/C31H35NO5/c1-4-6-10-22(5-2)21-32(3)25-15-13-24(14-16-25)31(36)37-30-19-26(33)17-18-27(30)29(35)20-28(34)23-11-8-7-9-12-23/h7-9,11-19,22,33H,4-6,10,20-21H2,1-3H3. The molecule has 3 aromatic rings. The number of aromatic hydroxyl groups is 1. The maximum Gasteiger partial charge on any atom is 0.343 e. The molecule has 6 nitrogen and oxygen atoms in total. The Bertz CT molecular complexity index is 1200. The second-order valence-corrected chi connectivity index (χ2v) is 9.30. The maximum absolute atomic E-state index is 12.9. The van der Waals surface area contributed by atoms with Gasteiger partial charge in [-0.05, 0) is 48.7 Å². The number of phenols is 1. The van der Waals surface area contributed by atoms with Crippen LogP contribution in [0.4, 0.5) is 5.69 Å². The van der Waals surface area contributed by atoms with Gasteiger partial charge in [0.1, 0.15) is 11.5 Å². The largest absolute Gasteiger partial charge is 0.508 e. The first-order valence-electron chi connectivity index (χ1n) is 12.8. The topological polar surface area (TPSA) is 83.9 Å². The van der Waals surface area contributed by atoms with Crippen LogP contribution in [0.1, 0.15) is 77.0 Å². The second-order valence-electron chi connectivity index (χ2n) is 9.30. The molecule has 0 radical (unpaired) electrons. The molecule has 0 spiro atoms. The summed E-state index contributed by atoms with van der Waals surface area (Å²) in [5.41, 5.74) is 1.80. The molecule has 6 heteroatoms. The molecule has 3 aromatic carbocycles. The van der Waals surface area contributed by atoms with Crippen molar-refractivity contribution in [2.75, 3.05) is 18.5 Å². The lowest BCUT2D eigenvalue weighted by Crippen LogP contribution is -2.25. The summed E-state index contributed by atoms with van der Waals surface area (Å²) in [7, 11) is 2.04. The summed E-state index contributed by atoms with van der Waals surface area (Å²) >= 11 is 0. The first kappa shape index (κ1) is 27.7. The number of ether oxygens (including phenoxy) is 1. The van der Waals surface area contributed by atoms with Gasteiger partial charge in [0.2, 0.25) is 0 Å². The Morgan fingerprint density at radius 3 is 2.24 bits per heavy atom. The fourth-order valence-corrected chi connectivity index (χ4v) is 4.21. The summed E-state index contributed by atoms with van der Waals surface area (Å²) < 4.78 is 5.50. The molecule has 0 amide bonds. The van der Waals surface area contributed by atoms with Crippen LogP contribution in [0, 0.1) is 5.92 Å². The lowest BCUT2D eigenvalue weighted by atomic mass is 9.98. The number of phenolic OH excluding ortho intramolecular Hbond substituents is 1. The molecule has 0 aliphatic heterocycles. The first-order chi connectivity index (χ1) is 17.8. The monoisotopic (exact) mass is 501 g/mol. The number of rotatable bonds is 13. The van der Waals surface area contributed by atoms with Gasteiger partial charge in [0.15, 0.2) is 11.6 Å². The van der Waals surface area contributed by atoms with E-state index in [0.29, 0.717) is 17.0 Å². The number of nitrogens with zero attached hydrogens (tertiary/aromatic N) is 1. The van der Waals surface area contributed by atoms with Crippen LogP contribution in [0.5, 0.6) is 11.5 Å². The number of unbranched alkanes of at least 4 members (excludes halogenated alkanes) is 1. The van der Waals surface area contributed by atoms with Crippen LogP contribution in [-0.4, -0.2) is 36.2 Å². The SMILES string of the molecule is CCCCC(CC)CN(C)c1ccc(C(=O)Oc2cc(O)ccc2C(=O)CC(=O)c2ccccc2)cc1. The van der Waals surface area contributed by atoms with E-state index in [4.69, 9.17) is 4.74 Å². The Morgan fingerprint density at radius 1 is 0.892 bits per heavy atom. The van der Waals surface area contributed by atoms with Gasteiger partial charge < -0.3 is 14.7 Å². The van der Waals surface area contributed by atoms with E-state index in [1.54, 1.807) is 42.5 Å². The molecular weight excluding hydrogens is 466 g/mol. The highest BCUT2D eigenvalue weighted by molar-refractivity contribution is 6.14. The zero-order chi connectivity index (χ0) is 26.8. The van der Waals surface area contributed by atoms with Crippen molar-refractivity contribution in [1.82, 2.24) is 0 Å². The third-order valence-electron chi connectivity index (χ3n) is 6.50. The van der Waals surface area contributed by atoms with Crippen molar-refractivity contribution in [3.8, 4) is 11.5 Å². The number of Topliss-reactive ketones (excluding diaryl/α,β-unsaturated/α-hetero) is 2. The molecule has 0 fully saturated rings. The molecule has 37 heavy (non-hydrogen) atoms. The van der Waals surface area contributed by atoms with Crippen molar-refractivity contribution in [3.63, 3.8) is 0 Å². The lowest BCUT2D eigenvalue weighted by Gasteiger charge is -2.25. The highest BCUT2D eigenvalue weighted by atomic mass is 16.5. The Labute approximate surface area is 218 Å². The molecule has 194 valence electrons. The third kappa shape index (κ3) is 7.78. The number of hydrogen-bond donors (Lipinski definition) is 1. The van der Waals surface area contributed by atoms with E-state index in [-0.39, 0.29) is 29.3 Å². The van der Waals surface area contributed by atoms with Crippen molar-refractivity contribution < 1.29 is 24.2 Å². The summed E-state index contributed by atoms with van der Waals surface area (Å²) in [6, 6.07) is 19.5. The van der Waals surface area contributed by atoms with Crippen LogP contribution in [-0.2, 0) is 0 Å². The molecule has 1 N–H and O–H groups in total. The normalized spacial score (nSPS) is 11.5. The number of esters is 1. The average Bonchev–Trinajstić information content (AvgIpc) is 2.91. The average molecular weight is 502 g/mol. The lowest BCUT2D eigenvalue weighted by molar-refractivity contribution is 0.0732. The second kappa shape index (κ2) is 13.4. The van der Waals surface area contributed by atoms with E-state index in [1.165, 1.54) is 37.5 Å². The molecule has 0 aliphatic rings. The summed E-state index contributed by atoms with van der Waals surface area (Å²) in [5, 5.41) is 9.93. The van der Waals surface area contributed by atoms with Gasteiger partial charge in [0.05, 0.1) is 17.5 Å². The van der Waals surface area contributed by atoms with E-state index in [0.717, 1.165) is 18.7 Å². The number of benzene rings is 3. The zero-order valence-corrected chi connectivity index (χ0v) is 21.8. The number of carbonyl (C=O) groups excluding carboxylic acids is 3. The Kier molecular flexibility index (Phi) is 10.0. The van der Waals surface area contributed by atoms with Crippen molar-refractivity contribution in [3.05, 3.63) is 89.5 Å². The minimum atomic E-state index is -0.655. The Morgan fingerprint density at radius 2 is 1.59 bits per heavy atom. The molecule has 1 unspecified atom stereocenters. The van der Waals surface area contributed by atoms with Gasteiger partial charge in [0, 0.05) is 30.9 Å². The Hall–Kier alpha value is -3.93. The minimum absolute atomic E-state index is 0.0597. The minimum Gasteiger partial charge on any atom is -0.508 e. The van der Waals surface area contributed by atoms with E-state index >= 15 is 0 Å². The van der Waals surface area contributed by atoms with Crippen LogP contribution in [0.3, 0.4) is 0 Å². The van der Waals surface area contributed by atoms with Gasteiger partial charge in [-0.2, -0.15) is 0 Å². The van der Waals surface area contributed by atoms with Gasteiger partial charge in [-0.3, -0.25) is 9.59 Å². The molecule has 3 rings (SSSR count). The molecule has 0 heterocycles. The molecular formula is C31H35NO5. The molecule has 0 aromatic heterocycles. The zero-order valence-electron chi connectivity index (χ0n) is 21.8. The predicted molar refractivity (Wildman–Crippen MR) is 146 cm³/mol. The van der Waals surface area contributed by atoms with Crippen molar-refractivity contribution in [1.29, 1.82) is 0 Å². The van der Waals surface area contributed by atoms with Crippen LogP contribution in [0.2, 0.25) is 0 Å². The Balaban J connectivity index is 1.69. The third-order valence-corrected chi connectivity index (χ3v) is 6.50. The molecule has 0 aliphatic carbocycles. The quantitative estimate of drug-likeness (QED) is 0.121. The number of carbonyl (C=O) groups is 3. The van der Waals surface area contributed by atoms with E-state index in [9.17, 15) is 19.5 Å². The predicted octanol–water partition coefficient (Wildman–Crippen LogP) is 6.72. The van der Waals surface area contributed by atoms with Gasteiger partial charge in [0.25, 0.3) is 0 Å². The molecule has 1 atom stereocenters. The van der Waals surface area contributed by atoms with Crippen LogP contribution in [0.15, 0.2) is 72.8 Å². The van der Waals surface area contributed by atoms with Crippen LogP contribution >= 0.6 is 0 Å². The molecule has 0 saturated heterocycles. The van der Waals surface area contributed by atoms with E-state index in [1.807, 2.05) is 19.2 Å². The summed E-state index contributed by atoms with van der Waals surface area (Å²) in [6.07, 6.45) is 4.35. The fraction of sp³-hybridized carbons (Fsp3) is 0.323. The number of ketones is 2. The van der Waals surface area contributed by atoms with E-state index < -0.39 is 11.8 Å². The van der Waals surface area contributed by atoms with Crippen LogP contribution < -0.4 is 9.64 Å². The van der Waals surface area contributed by atoms with Crippen molar-refractivity contribution in [2.45, 2.75) is 46.0 Å². The van der Waals surface area contributed by atoms with E-state index in [2.05, 4.69) is 18.7 Å². The smallest absolute Gasteiger partial charge is 0.343 e. The molecule has 0 bridgehead atoms. The first-order valence-corrected chi connectivity index (χ1v) is 12.8. The van der Waals surface area contributed by atoms with Gasteiger partial charge in [-0.25, -0.2) is 4.79 Å². The fourth-order valence-electron chi connectivity index (χ4n) is 4.21. The summed E-state index contributed by atoms with van der Waals surface area (Å²) in [5.74, 6) is -1.11. The van der Waals surface area contributed by atoms with Crippen LogP contribution in [0.25, 0.3) is 0 Å². The summed E-state index contributed by atoms with van der Waals surface area (Å²) in [6.45, 7) is 5.36.